The van der Waals surface area contributed by atoms with Crippen molar-refractivity contribution >= 4 is 29.4 Å². The molecule has 1 aliphatic heterocycles. The number of hydrogen-bond acceptors (Lipinski definition) is 7. The summed E-state index contributed by atoms with van der Waals surface area (Å²) in [6, 6.07) is 12.3. The summed E-state index contributed by atoms with van der Waals surface area (Å²) in [4.78, 5) is 37.7. The number of benzene rings is 2. The van der Waals surface area contributed by atoms with Crippen molar-refractivity contribution in [3.63, 3.8) is 0 Å². The number of thioether (sulfide) groups is 1. The molecule has 1 N–H and O–H groups in total. The molecule has 7 nitrogen and oxygen atoms in total. The number of hydrogen-bond donors (Lipinski definition) is 1. The van der Waals surface area contributed by atoms with E-state index in [1.807, 2.05) is 25.1 Å². The first-order valence-corrected chi connectivity index (χ1v) is 11.7. The average molecular weight is 472 g/mol. The maximum Gasteiger partial charge on any atom is 0.339 e. The highest BCUT2D eigenvalue weighted by Crippen LogP contribution is 2.32. The van der Waals surface area contributed by atoms with Crippen LogP contribution in [0, 0.1) is 5.41 Å². The number of esters is 1. The Labute approximate surface area is 198 Å². The zero-order valence-corrected chi connectivity index (χ0v) is 20.1. The summed E-state index contributed by atoms with van der Waals surface area (Å²) in [7, 11) is 0. The highest BCUT2D eigenvalue weighted by atomic mass is 32.2. The second-order valence-corrected chi connectivity index (χ2v) is 9.74. The van der Waals surface area contributed by atoms with E-state index in [1.165, 1.54) is 11.8 Å². The molecule has 3 rings (SSSR count). The molecule has 0 aromatic heterocycles. The van der Waals surface area contributed by atoms with Gasteiger partial charge in [-0.3, -0.25) is 9.59 Å². The third-order valence-electron chi connectivity index (χ3n) is 5.08. The van der Waals surface area contributed by atoms with Crippen LogP contribution in [0.25, 0.3) is 0 Å². The van der Waals surface area contributed by atoms with E-state index in [2.05, 4.69) is 5.32 Å². The van der Waals surface area contributed by atoms with E-state index in [0.29, 0.717) is 35.2 Å². The molecule has 1 heterocycles. The normalized spacial score (nSPS) is 13.7. The first-order valence-electron chi connectivity index (χ1n) is 10.8. The SMILES string of the molecule is C[C@@H](NC(=O)CSc1ccccc1C(=O)OCC(=O)C(C)(C)C)c1ccc2c(c1)OCCO2. The molecule has 1 atom stereocenters. The highest BCUT2D eigenvalue weighted by molar-refractivity contribution is 8.00. The van der Waals surface area contributed by atoms with E-state index in [0.717, 1.165) is 5.56 Å². The lowest BCUT2D eigenvalue weighted by Gasteiger charge is -2.21. The molecule has 0 radical (unpaired) electrons. The molecule has 0 aliphatic carbocycles. The number of rotatable bonds is 8. The number of fused-ring (bicyclic) bond motifs is 1. The second kappa shape index (κ2) is 10.7. The van der Waals surface area contributed by atoms with Crippen molar-refractivity contribution in [1.29, 1.82) is 0 Å². The molecule has 0 fully saturated rings. The number of ketones is 1. The third-order valence-corrected chi connectivity index (χ3v) is 6.15. The van der Waals surface area contributed by atoms with E-state index >= 15 is 0 Å². The topological polar surface area (TPSA) is 90.9 Å². The zero-order chi connectivity index (χ0) is 24.0. The number of Topliss-reactive ketones (excluding diaryl/α,β-unsaturated/α-hetero) is 1. The van der Waals surface area contributed by atoms with Crippen LogP contribution in [0.2, 0.25) is 0 Å². The monoisotopic (exact) mass is 471 g/mol. The first kappa shape index (κ1) is 24.6. The number of amides is 1. The minimum Gasteiger partial charge on any atom is -0.486 e. The molecule has 0 saturated heterocycles. The second-order valence-electron chi connectivity index (χ2n) is 8.73. The van der Waals surface area contributed by atoms with Gasteiger partial charge in [0.1, 0.15) is 13.2 Å². The summed E-state index contributed by atoms with van der Waals surface area (Å²) in [5, 5.41) is 2.96. The predicted molar refractivity (Wildman–Crippen MR) is 126 cm³/mol. The van der Waals surface area contributed by atoms with Gasteiger partial charge in [-0.1, -0.05) is 39.0 Å². The van der Waals surface area contributed by atoms with Crippen molar-refractivity contribution in [3.05, 3.63) is 53.6 Å². The van der Waals surface area contributed by atoms with Crippen LogP contribution in [-0.4, -0.2) is 43.2 Å². The maximum absolute atomic E-state index is 12.5. The van der Waals surface area contributed by atoms with E-state index < -0.39 is 11.4 Å². The molecule has 2 aromatic rings. The fourth-order valence-corrected chi connectivity index (χ4v) is 3.88. The van der Waals surface area contributed by atoms with E-state index in [9.17, 15) is 14.4 Å². The van der Waals surface area contributed by atoms with E-state index in [4.69, 9.17) is 14.2 Å². The van der Waals surface area contributed by atoms with Crippen molar-refractivity contribution < 1.29 is 28.6 Å². The lowest BCUT2D eigenvalue weighted by molar-refractivity contribution is -0.129. The van der Waals surface area contributed by atoms with Crippen LogP contribution in [0.1, 0.15) is 49.7 Å². The summed E-state index contributed by atoms with van der Waals surface area (Å²) in [6.45, 7) is 7.96. The minimum absolute atomic E-state index is 0.125. The number of nitrogens with one attached hydrogen (secondary N) is 1. The lowest BCUT2D eigenvalue weighted by Crippen LogP contribution is -2.28. The highest BCUT2D eigenvalue weighted by Gasteiger charge is 2.23. The smallest absolute Gasteiger partial charge is 0.339 e. The van der Waals surface area contributed by atoms with Crippen LogP contribution in [0.5, 0.6) is 11.5 Å². The number of ether oxygens (including phenoxy) is 3. The Balaban J connectivity index is 1.56. The van der Waals surface area contributed by atoms with Crippen molar-refractivity contribution in [1.82, 2.24) is 5.32 Å². The van der Waals surface area contributed by atoms with Crippen LogP contribution >= 0.6 is 11.8 Å². The summed E-state index contributed by atoms with van der Waals surface area (Å²) < 4.78 is 16.3. The molecule has 1 amide bonds. The van der Waals surface area contributed by atoms with Gasteiger partial charge in [-0.05, 0) is 36.8 Å². The van der Waals surface area contributed by atoms with Crippen molar-refractivity contribution in [2.24, 2.45) is 5.41 Å². The third kappa shape index (κ3) is 6.74. The fourth-order valence-electron chi connectivity index (χ4n) is 3.03. The van der Waals surface area contributed by atoms with Gasteiger partial charge in [0.05, 0.1) is 17.4 Å². The zero-order valence-electron chi connectivity index (χ0n) is 19.3. The van der Waals surface area contributed by atoms with Gasteiger partial charge in [-0.2, -0.15) is 0 Å². The summed E-state index contributed by atoms with van der Waals surface area (Å²) in [6.07, 6.45) is 0. The van der Waals surface area contributed by atoms with Crippen LogP contribution in [0.3, 0.4) is 0 Å². The molecule has 33 heavy (non-hydrogen) atoms. The standard InChI is InChI=1S/C25H29NO6S/c1-16(17-9-10-19-20(13-17)31-12-11-30-19)26-23(28)15-33-21-8-6-5-7-18(21)24(29)32-14-22(27)25(2,3)4/h5-10,13,16H,11-12,14-15H2,1-4H3,(H,26,28)/t16-/m1/s1. The van der Waals surface area contributed by atoms with Gasteiger partial charge in [-0.25, -0.2) is 4.79 Å². The van der Waals surface area contributed by atoms with Gasteiger partial charge in [0.15, 0.2) is 23.9 Å². The Bertz CT molecular complexity index is 1030. The van der Waals surface area contributed by atoms with E-state index in [-0.39, 0.29) is 30.1 Å². The Hall–Kier alpha value is -3.00. The molecule has 176 valence electrons. The van der Waals surface area contributed by atoms with Gasteiger partial charge < -0.3 is 19.5 Å². The van der Waals surface area contributed by atoms with Gasteiger partial charge in [-0.15, -0.1) is 11.8 Å². The van der Waals surface area contributed by atoms with E-state index in [1.54, 1.807) is 45.0 Å². The fraction of sp³-hybridized carbons (Fsp3) is 0.400. The van der Waals surface area contributed by atoms with Crippen LogP contribution in [-0.2, 0) is 14.3 Å². The van der Waals surface area contributed by atoms with Crippen molar-refractivity contribution in [2.45, 2.75) is 38.6 Å². The molecule has 1 aliphatic rings. The van der Waals surface area contributed by atoms with Crippen LogP contribution < -0.4 is 14.8 Å². The van der Waals surface area contributed by atoms with Crippen molar-refractivity contribution in [2.75, 3.05) is 25.6 Å². The lowest BCUT2D eigenvalue weighted by atomic mass is 9.91. The molecule has 0 spiro atoms. The Morgan fingerprint density at radius 2 is 1.76 bits per heavy atom. The Morgan fingerprint density at radius 1 is 1.06 bits per heavy atom. The Kier molecular flexibility index (Phi) is 8.02. The van der Waals surface area contributed by atoms with Gasteiger partial charge in [0, 0.05) is 10.3 Å². The molecule has 0 unspecified atom stereocenters. The molecular weight excluding hydrogens is 442 g/mol. The summed E-state index contributed by atoms with van der Waals surface area (Å²) >= 11 is 1.24. The predicted octanol–water partition coefficient (Wildman–Crippen LogP) is 4.20. The number of carbonyl (C=O) groups is 3. The Morgan fingerprint density at radius 3 is 2.48 bits per heavy atom. The van der Waals surface area contributed by atoms with Crippen LogP contribution in [0.4, 0.5) is 0 Å². The average Bonchev–Trinajstić information content (AvgIpc) is 2.80. The number of carbonyl (C=O) groups excluding carboxylic acids is 3. The molecule has 0 saturated carbocycles. The largest absolute Gasteiger partial charge is 0.486 e. The summed E-state index contributed by atoms with van der Waals surface area (Å²) in [5.41, 5.74) is 0.655. The first-order chi connectivity index (χ1) is 15.6. The van der Waals surface area contributed by atoms with Crippen molar-refractivity contribution in [3.8, 4) is 11.5 Å². The molecule has 0 bridgehead atoms. The summed E-state index contributed by atoms with van der Waals surface area (Å²) in [5.74, 6) is 0.584. The van der Waals surface area contributed by atoms with Gasteiger partial charge in [0.2, 0.25) is 5.91 Å². The molecular formula is C25H29NO6S. The molecule has 8 heteroatoms. The molecule has 2 aromatic carbocycles. The maximum atomic E-state index is 12.5. The quantitative estimate of drug-likeness (QED) is 0.456. The van der Waals surface area contributed by atoms with Gasteiger partial charge in [0.25, 0.3) is 0 Å². The van der Waals surface area contributed by atoms with Crippen LogP contribution in [0.15, 0.2) is 47.4 Å². The minimum atomic E-state index is -0.583. The van der Waals surface area contributed by atoms with Gasteiger partial charge >= 0.3 is 5.97 Å².